The molecule has 0 unspecified atom stereocenters. The van der Waals surface area contributed by atoms with Gasteiger partial charge < -0.3 is 20.7 Å². The number of nitrogens with one attached hydrogen (secondary N) is 3. The molecule has 1 aromatic carbocycles. The predicted octanol–water partition coefficient (Wildman–Crippen LogP) is 1.99. The first-order valence-corrected chi connectivity index (χ1v) is 7.94. The van der Waals surface area contributed by atoms with Crippen molar-refractivity contribution >= 4 is 17.3 Å². The summed E-state index contributed by atoms with van der Waals surface area (Å²) in [7, 11) is 1.66. The number of nitrogens with zero attached hydrogens (tertiary/aromatic N) is 2. The van der Waals surface area contributed by atoms with Gasteiger partial charge in [0.2, 0.25) is 0 Å². The zero-order valence-electron chi connectivity index (χ0n) is 14.8. The molecule has 0 bridgehead atoms. The molecule has 0 radical (unpaired) electrons. The van der Waals surface area contributed by atoms with E-state index in [4.69, 9.17) is 4.74 Å². The average Bonchev–Trinajstić information content (AvgIpc) is 2.56. The molecule has 0 aliphatic heterocycles. The smallest absolute Gasteiger partial charge is 0.292 e. The van der Waals surface area contributed by atoms with Gasteiger partial charge in [0, 0.05) is 32.8 Å². The molecule has 0 spiro atoms. The van der Waals surface area contributed by atoms with Gasteiger partial charge in [-0.05, 0) is 26.8 Å². The third-order valence-corrected chi connectivity index (χ3v) is 3.35. The normalized spacial score (nSPS) is 11.9. The van der Waals surface area contributed by atoms with E-state index in [1.165, 1.54) is 6.07 Å². The summed E-state index contributed by atoms with van der Waals surface area (Å²) in [6, 6.07) is 6.59. The van der Waals surface area contributed by atoms with Crippen LogP contribution in [-0.4, -0.2) is 49.8 Å². The number of nitro benzene ring substituents is 1. The Hall–Kier alpha value is -2.35. The SMILES string of the molecule is CCNC(=NCC(C)(C)OC)NCCNc1ccccc1[N+](=O)[O-]. The molecule has 8 nitrogen and oxygen atoms in total. The van der Waals surface area contributed by atoms with Crippen molar-refractivity contribution in [2.75, 3.05) is 38.6 Å². The predicted molar refractivity (Wildman–Crippen MR) is 96.7 cm³/mol. The van der Waals surface area contributed by atoms with Crippen LogP contribution in [0, 0.1) is 10.1 Å². The van der Waals surface area contributed by atoms with E-state index < -0.39 is 4.92 Å². The van der Waals surface area contributed by atoms with Crippen LogP contribution in [0.2, 0.25) is 0 Å². The minimum Gasteiger partial charge on any atom is -0.378 e. The highest BCUT2D eigenvalue weighted by Gasteiger charge is 2.15. The number of methoxy groups -OCH3 is 1. The highest BCUT2D eigenvalue weighted by molar-refractivity contribution is 5.79. The Morgan fingerprint density at radius 2 is 2.00 bits per heavy atom. The summed E-state index contributed by atoms with van der Waals surface area (Å²) in [6.45, 7) is 8.30. The summed E-state index contributed by atoms with van der Waals surface area (Å²) < 4.78 is 5.35. The molecule has 1 aromatic rings. The van der Waals surface area contributed by atoms with Gasteiger partial charge >= 0.3 is 0 Å². The first-order chi connectivity index (χ1) is 11.4. The molecule has 0 aliphatic carbocycles. The van der Waals surface area contributed by atoms with E-state index in [0.717, 1.165) is 6.54 Å². The molecule has 0 heterocycles. The molecule has 0 atom stereocenters. The van der Waals surface area contributed by atoms with Crippen molar-refractivity contribution in [3.05, 3.63) is 34.4 Å². The standard InChI is InChI=1S/C16H27N5O3/c1-5-17-15(20-12-16(2,3)24-4)19-11-10-18-13-8-6-7-9-14(13)21(22)23/h6-9,18H,5,10-12H2,1-4H3,(H2,17,19,20). The van der Waals surface area contributed by atoms with E-state index in [0.29, 0.717) is 31.3 Å². The monoisotopic (exact) mass is 337 g/mol. The number of aliphatic imine (C=N–C) groups is 1. The lowest BCUT2D eigenvalue weighted by Crippen LogP contribution is -2.41. The number of benzene rings is 1. The minimum atomic E-state index is -0.395. The van der Waals surface area contributed by atoms with Crippen molar-refractivity contribution in [1.29, 1.82) is 0 Å². The number of ether oxygens (including phenoxy) is 1. The molecule has 0 aromatic heterocycles. The van der Waals surface area contributed by atoms with E-state index >= 15 is 0 Å². The first kappa shape index (κ1) is 19.7. The Morgan fingerprint density at radius 3 is 2.62 bits per heavy atom. The Morgan fingerprint density at radius 1 is 1.29 bits per heavy atom. The first-order valence-electron chi connectivity index (χ1n) is 7.94. The topological polar surface area (TPSA) is 101 Å². The van der Waals surface area contributed by atoms with Gasteiger partial charge in [0.1, 0.15) is 5.69 Å². The van der Waals surface area contributed by atoms with Gasteiger partial charge in [-0.3, -0.25) is 15.1 Å². The highest BCUT2D eigenvalue weighted by Crippen LogP contribution is 2.22. The number of anilines is 1. The summed E-state index contributed by atoms with van der Waals surface area (Å²) in [4.78, 5) is 15.0. The van der Waals surface area contributed by atoms with Gasteiger partial charge in [0.05, 0.1) is 17.1 Å². The molecule has 0 fully saturated rings. The van der Waals surface area contributed by atoms with Gasteiger partial charge in [0.25, 0.3) is 5.69 Å². The van der Waals surface area contributed by atoms with Crippen molar-refractivity contribution in [3.8, 4) is 0 Å². The fourth-order valence-corrected chi connectivity index (χ4v) is 1.84. The van der Waals surface area contributed by atoms with E-state index in [1.807, 2.05) is 20.8 Å². The summed E-state index contributed by atoms with van der Waals surface area (Å²) >= 11 is 0. The van der Waals surface area contributed by atoms with Gasteiger partial charge in [-0.2, -0.15) is 0 Å². The minimum absolute atomic E-state index is 0.0694. The van der Waals surface area contributed by atoms with Gasteiger partial charge in [-0.1, -0.05) is 12.1 Å². The van der Waals surface area contributed by atoms with E-state index in [1.54, 1.807) is 25.3 Å². The van der Waals surface area contributed by atoms with Crippen LogP contribution in [0.25, 0.3) is 0 Å². The number of hydrogen-bond acceptors (Lipinski definition) is 5. The zero-order chi connectivity index (χ0) is 18.0. The maximum atomic E-state index is 11.0. The van der Waals surface area contributed by atoms with Gasteiger partial charge in [-0.25, -0.2) is 0 Å². The number of para-hydroxylation sites is 2. The van der Waals surface area contributed by atoms with Gasteiger partial charge in [0.15, 0.2) is 5.96 Å². The molecular weight excluding hydrogens is 310 g/mol. The average molecular weight is 337 g/mol. The molecule has 1 rings (SSSR count). The van der Waals surface area contributed by atoms with E-state index in [9.17, 15) is 10.1 Å². The Labute approximate surface area is 142 Å². The maximum absolute atomic E-state index is 11.0. The summed E-state index contributed by atoms with van der Waals surface area (Å²) in [5, 5.41) is 20.4. The van der Waals surface area contributed by atoms with Crippen molar-refractivity contribution in [2.45, 2.75) is 26.4 Å². The maximum Gasteiger partial charge on any atom is 0.292 e. The fourth-order valence-electron chi connectivity index (χ4n) is 1.84. The van der Waals surface area contributed by atoms with Crippen molar-refractivity contribution in [1.82, 2.24) is 10.6 Å². The molecule has 3 N–H and O–H groups in total. The molecule has 0 amide bonds. The quantitative estimate of drug-likeness (QED) is 0.209. The van der Waals surface area contributed by atoms with Crippen LogP contribution in [0.3, 0.4) is 0 Å². The van der Waals surface area contributed by atoms with E-state index in [2.05, 4.69) is 20.9 Å². The van der Waals surface area contributed by atoms with Crippen LogP contribution < -0.4 is 16.0 Å². The van der Waals surface area contributed by atoms with Crippen LogP contribution >= 0.6 is 0 Å². The lowest BCUT2D eigenvalue weighted by Gasteiger charge is -2.21. The number of guanidine groups is 1. The lowest BCUT2D eigenvalue weighted by molar-refractivity contribution is -0.384. The molecule has 0 saturated heterocycles. The van der Waals surface area contributed by atoms with E-state index in [-0.39, 0.29) is 11.3 Å². The van der Waals surface area contributed by atoms with Crippen LogP contribution in [0.1, 0.15) is 20.8 Å². The van der Waals surface area contributed by atoms with Crippen LogP contribution in [0.5, 0.6) is 0 Å². The number of nitro groups is 1. The summed E-state index contributed by atoms with van der Waals surface area (Å²) in [5.41, 5.74) is 0.248. The van der Waals surface area contributed by atoms with Crippen LogP contribution in [0.15, 0.2) is 29.3 Å². The molecular formula is C16H27N5O3. The summed E-state index contributed by atoms with van der Waals surface area (Å²) in [6.07, 6.45) is 0. The number of hydrogen-bond donors (Lipinski definition) is 3. The summed E-state index contributed by atoms with van der Waals surface area (Å²) in [5.74, 6) is 0.687. The Kier molecular flexibility index (Phi) is 7.97. The molecule has 8 heteroatoms. The Bertz CT molecular complexity index is 560. The second kappa shape index (κ2) is 9.71. The number of rotatable bonds is 9. The third-order valence-electron chi connectivity index (χ3n) is 3.35. The molecule has 0 saturated carbocycles. The van der Waals surface area contributed by atoms with Crippen LogP contribution in [0.4, 0.5) is 11.4 Å². The fraction of sp³-hybridized carbons (Fsp3) is 0.562. The van der Waals surface area contributed by atoms with Crippen molar-refractivity contribution < 1.29 is 9.66 Å². The second-order valence-corrected chi connectivity index (χ2v) is 5.79. The van der Waals surface area contributed by atoms with Crippen molar-refractivity contribution in [3.63, 3.8) is 0 Å². The molecule has 24 heavy (non-hydrogen) atoms. The van der Waals surface area contributed by atoms with Crippen LogP contribution in [-0.2, 0) is 4.74 Å². The largest absolute Gasteiger partial charge is 0.378 e. The Balaban J connectivity index is 2.52. The third kappa shape index (κ3) is 6.82. The van der Waals surface area contributed by atoms with Crippen molar-refractivity contribution in [2.24, 2.45) is 4.99 Å². The molecule has 134 valence electrons. The molecule has 0 aliphatic rings. The zero-order valence-corrected chi connectivity index (χ0v) is 14.8. The second-order valence-electron chi connectivity index (χ2n) is 5.79. The highest BCUT2D eigenvalue weighted by atomic mass is 16.6. The lowest BCUT2D eigenvalue weighted by atomic mass is 10.1. The van der Waals surface area contributed by atoms with Gasteiger partial charge in [-0.15, -0.1) is 0 Å².